The van der Waals surface area contributed by atoms with Gasteiger partial charge in [0.2, 0.25) is 0 Å². The molecule has 0 radical (unpaired) electrons. The van der Waals surface area contributed by atoms with Crippen molar-refractivity contribution in [2.75, 3.05) is 39.3 Å². The maximum absolute atomic E-state index is 5.18. The summed E-state index contributed by atoms with van der Waals surface area (Å²) < 4.78 is 5.18. The van der Waals surface area contributed by atoms with Crippen molar-refractivity contribution in [3.05, 3.63) is 39.9 Å². The fourth-order valence-corrected chi connectivity index (χ4v) is 4.12. The molecule has 0 aromatic carbocycles. The van der Waals surface area contributed by atoms with Gasteiger partial charge >= 0.3 is 0 Å². The summed E-state index contributed by atoms with van der Waals surface area (Å²) in [6, 6.07) is 6.34. The van der Waals surface area contributed by atoms with Gasteiger partial charge in [-0.15, -0.1) is 35.3 Å². The van der Waals surface area contributed by atoms with Crippen molar-refractivity contribution in [3.8, 4) is 0 Å². The zero-order valence-corrected chi connectivity index (χ0v) is 20.4. The van der Waals surface area contributed by atoms with Gasteiger partial charge in [0.25, 0.3) is 0 Å². The Morgan fingerprint density at radius 3 is 2.64 bits per heavy atom. The highest BCUT2D eigenvalue weighted by atomic mass is 127. The second-order valence-corrected chi connectivity index (χ2v) is 8.67. The Labute approximate surface area is 189 Å². The number of piperazine rings is 1. The smallest absolute Gasteiger partial charge is 0.194 e. The van der Waals surface area contributed by atoms with E-state index in [0.717, 1.165) is 63.2 Å². The number of hydrogen-bond donors (Lipinski definition) is 1. The lowest BCUT2D eigenvalue weighted by atomic mass is 9.92. The maximum Gasteiger partial charge on any atom is 0.194 e. The summed E-state index contributed by atoms with van der Waals surface area (Å²) in [6.07, 6.45) is 0. The topological polar surface area (TPSA) is 56.9 Å². The van der Waals surface area contributed by atoms with Crippen molar-refractivity contribution in [3.63, 3.8) is 0 Å². The van der Waals surface area contributed by atoms with Crippen LogP contribution in [0.2, 0.25) is 0 Å². The largest absolute Gasteiger partial charge is 0.361 e. The number of hydrogen-bond acceptors (Lipinski definition) is 5. The van der Waals surface area contributed by atoms with Crippen molar-refractivity contribution >= 4 is 41.3 Å². The molecule has 156 valence electrons. The second kappa shape index (κ2) is 10.6. The SMILES string of the molecule is CCNC(=NCC(C)(C)c1cccs1)N1CCN(Cc2cc(C)on2)CC1.I. The molecule has 1 aliphatic rings. The van der Waals surface area contributed by atoms with Gasteiger partial charge in [-0.3, -0.25) is 9.89 Å². The van der Waals surface area contributed by atoms with Gasteiger partial charge in [0.1, 0.15) is 5.76 Å². The predicted molar refractivity (Wildman–Crippen MR) is 127 cm³/mol. The first kappa shape index (κ1) is 23.2. The van der Waals surface area contributed by atoms with Crippen LogP contribution >= 0.6 is 35.3 Å². The van der Waals surface area contributed by atoms with E-state index >= 15 is 0 Å². The highest BCUT2D eigenvalue weighted by molar-refractivity contribution is 14.0. The minimum absolute atomic E-state index is 0. The summed E-state index contributed by atoms with van der Waals surface area (Å²) in [5.41, 5.74) is 1.07. The Hall–Kier alpha value is -1.13. The fraction of sp³-hybridized carbons (Fsp3) is 0.600. The fourth-order valence-electron chi connectivity index (χ4n) is 3.28. The Bertz CT molecular complexity index is 736. The van der Waals surface area contributed by atoms with E-state index in [1.165, 1.54) is 4.88 Å². The average Bonchev–Trinajstić information content (AvgIpc) is 3.32. The molecule has 2 aromatic rings. The van der Waals surface area contributed by atoms with Crippen LogP contribution < -0.4 is 5.32 Å². The second-order valence-electron chi connectivity index (χ2n) is 7.72. The molecule has 3 heterocycles. The summed E-state index contributed by atoms with van der Waals surface area (Å²) in [6.45, 7) is 15.1. The molecule has 8 heteroatoms. The van der Waals surface area contributed by atoms with Crippen LogP contribution in [0.15, 0.2) is 33.1 Å². The summed E-state index contributed by atoms with van der Waals surface area (Å²) in [5.74, 6) is 1.90. The van der Waals surface area contributed by atoms with E-state index in [9.17, 15) is 0 Å². The highest BCUT2D eigenvalue weighted by Gasteiger charge is 2.24. The van der Waals surface area contributed by atoms with E-state index in [1.807, 2.05) is 24.3 Å². The van der Waals surface area contributed by atoms with Gasteiger partial charge in [0, 0.05) is 55.6 Å². The minimum atomic E-state index is 0. The predicted octanol–water partition coefficient (Wildman–Crippen LogP) is 3.72. The third kappa shape index (κ3) is 6.18. The molecule has 0 amide bonds. The first-order chi connectivity index (χ1) is 13.0. The highest BCUT2D eigenvalue weighted by Crippen LogP contribution is 2.27. The first-order valence-electron chi connectivity index (χ1n) is 9.70. The van der Waals surface area contributed by atoms with Gasteiger partial charge in [0.15, 0.2) is 5.96 Å². The molecule has 1 saturated heterocycles. The van der Waals surface area contributed by atoms with Gasteiger partial charge in [-0.1, -0.05) is 25.1 Å². The quantitative estimate of drug-likeness (QED) is 0.360. The van der Waals surface area contributed by atoms with Crippen LogP contribution in [0.3, 0.4) is 0 Å². The van der Waals surface area contributed by atoms with Crippen LogP contribution in [0.1, 0.15) is 37.1 Å². The number of halogens is 1. The summed E-state index contributed by atoms with van der Waals surface area (Å²) in [5, 5.41) is 9.72. The monoisotopic (exact) mass is 517 g/mol. The Kier molecular flexibility index (Phi) is 8.76. The van der Waals surface area contributed by atoms with Crippen molar-refractivity contribution in [2.24, 2.45) is 4.99 Å². The van der Waals surface area contributed by atoms with Gasteiger partial charge in [-0.2, -0.15) is 0 Å². The molecule has 1 fully saturated rings. The Morgan fingerprint density at radius 1 is 1.32 bits per heavy atom. The van der Waals surface area contributed by atoms with Crippen LogP contribution in [-0.4, -0.2) is 60.2 Å². The van der Waals surface area contributed by atoms with E-state index < -0.39 is 0 Å². The number of rotatable bonds is 6. The molecule has 1 N–H and O–H groups in total. The molecule has 0 unspecified atom stereocenters. The molecule has 1 aliphatic heterocycles. The number of aliphatic imine (C=N–C) groups is 1. The van der Waals surface area contributed by atoms with E-state index in [-0.39, 0.29) is 29.4 Å². The Morgan fingerprint density at radius 2 is 2.07 bits per heavy atom. The molecular weight excluding hydrogens is 485 g/mol. The lowest BCUT2D eigenvalue weighted by Crippen LogP contribution is -2.52. The summed E-state index contributed by atoms with van der Waals surface area (Å²) in [4.78, 5) is 11.2. The van der Waals surface area contributed by atoms with E-state index in [4.69, 9.17) is 9.52 Å². The molecule has 0 atom stereocenters. The Balaban J connectivity index is 0.00000280. The van der Waals surface area contributed by atoms with Crippen LogP contribution in [-0.2, 0) is 12.0 Å². The molecule has 2 aromatic heterocycles. The normalized spacial score (nSPS) is 16.1. The average molecular weight is 517 g/mol. The van der Waals surface area contributed by atoms with Crippen molar-refractivity contribution in [2.45, 2.75) is 39.7 Å². The molecule has 0 aliphatic carbocycles. The molecule has 0 spiro atoms. The van der Waals surface area contributed by atoms with Crippen LogP contribution in [0.5, 0.6) is 0 Å². The van der Waals surface area contributed by atoms with Crippen LogP contribution in [0.25, 0.3) is 0 Å². The first-order valence-corrected chi connectivity index (χ1v) is 10.6. The van der Waals surface area contributed by atoms with Crippen molar-refractivity contribution < 1.29 is 4.52 Å². The van der Waals surface area contributed by atoms with Gasteiger partial charge in [-0.05, 0) is 25.3 Å². The molecule has 0 saturated carbocycles. The summed E-state index contributed by atoms with van der Waals surface area (Å²) >= 11 is 1.81. The zero-order valence-electron chi connectivity index (χ0n) is 17.3. The number of nitrogens with one attached hydrogen (secondary N) is 1. The zero-order chi connectivity index (χ0) is 19.3. The van der Waals surface area contributed by atoms with E-state index in [0.29, 0.717) is 0 Å². The van der Waals surface area contributed by atoms with Gasteiger partial charge < -0.3 is 14.7 Å². The molecular formula is C20H32IN5OS. The minimum Gasteiger partial charge on any atom is -0.361 e. The molecule has 6 nitrogen and oxygen atoms in total. The van der Waals surface area contributed by atoms with Crippen LogP contribution in [0.4, 0.5) is 0 Å². The molecule has 28 heavy (non-hydrogen) atoms. The maximum atomic E-state index is 5.18. The van der Waals surface area contributed by atoms with Crippen molar-refractivity contribution in [1.29, 1.82) is 0 Å². The number of thiophene rings is 1. The molecule has 0 bridgehead atoms. The van der Waals surface area contributed by atoms with Crippen LogP contribution in [0, 0.1) is 6.92 Å². The van der Waals surface area contributed by atoms with E-state index in [1.54, 1.807) is 0 Å². The number of aromatic nitrogens is 1. The van der Waals surface area contributed by atoms with Gasteiger partial charge in [0.05, 0.1) is 12.2 Å². The van der Waals surface area contributed by atoms with Crippen molar-refractivity contribution in [1.82, 2.24) is 20.3 Å². The van der Waals surface area contributed by atoms with E-state index in [2.05, 4.69) is 58.6 Å². The lowest BCUT2D eigenvalue weighted by molar-refractivity contribution is 0.169. The standard InChI is InChI=1S/C20H31N5OS.HI/c1-5-21-19(22-15-20(3,4)18-7-6-12-27-18)25-10-8-24(9-11-25)14-17-13-16(2)26-23-17;/h6-7,12-13H,5,8-11,14-15H2,1-4H3,(H,21,22);1H. The lowest BCUT2D eigenvalue weighted by Gasteiger charge is -2.36. The molecule has 3 rings (SSSR count). The number of aryl methyl sites for hydroxylation is 1. The summed E-state index contributed by atoms with van der Waals surface area (Å²) in [7, 11) is 0. The van der Waals surface area contributed by atoms with Gasteiger partial charge in [-0.25, -0.2) is 0 Å². The number of nitrogens with zero attached hydrogens (tertiary/aromatic N) is 4. The third-order valence-corrected chi connectivity index (χ3v) is 6.12. The number of guanidine groups is 1. The third-order valence-electron chi connectivity index (χ3n) is 4.88.